The van der Waals surface area contributed by atoms with Gasteiger partial charge in [-0.25, -0.2) is 4.39 Å². The molecule has 0 N–H and O–H groups in total. The van der Waals surface area contributed by atoms with Crippen LogP contribution in [0.1, 0.15) is 6.42 Å². The Hall–Kier alpha value is -0.860. The van der Waals surface area contributed by atoms with Gasteiger partial charge in [0, 0.05) is 6.54 Å². The average molecular weight is 143 g/mol. The first kappa shape index (κ1) is 7.25. The van der Waals surface area contributed by atoms with Crippen molar-refractivity contribution in [3.8, 4) is 0 Å². The third-order valence-electron chi connectivity index (χ3n) is 1.62. The number of rotatable bonds is 1. The number of alkyl halides is 1. The Kier molecular flexibility index (Phi) is 2.04. The maximum atomic E-state index is 12.4. The third-order valence-corrected chi connectivity index (χ3v) is 1.62. The topological polar surface area (TPSA) is 20.3 Å². The molecule has 1 heterocycles. The molecule has 0 saturated carbocycles. The number of nitrogens with zero attached hydrogens (tertiary/aromatic N) is 1. The standard InChI is InChI=1S/C7H10FNO/c1-2-7(10)9-4-3-6(8)5-9/h2,6H,1,3-5H2/t6-/m0/s1. The minimum Gasteiger partial charge on any atom is -0.336 e. The molecule has 0 aromatic rings. The van der Waals surface area contributed by atoms with Crippen molar-refractivity contribution < 1.29 is 9.18 Å². The smallest absolute Gasteiger partial charge is 0.246 e. The zero-order valence-electron chi connectivity index (χ0n) is 5.72. The van der Waals surface area contributed by atoms with E-state index in [0.29, 0.717) is 13.0 Å². The minimum absolute atomic E-state index is 0.167. The van der Waals surface area contributed by atoms with Crippen LogP contribution in [0, 0.1) is 0 Å². The predicted molar refractivity (Wildman–Crippen MR) is 36.3 cm³/mol. The van der Waals surface area contributed by atoms with E-state index in [-0.39, 0.29) is 12.5 Å². The summed E-state index contributed by atoms with van der Waals surface area (Å²) < 4.78 is 12.4. The van der Waals surface area contributed by atoms with Crippen LogP contribution in [0.2, 0.25) is 0 Å². The summed E-state index contributed by atoms with van der Waals surface area (Å²) in [5.74, 6) is -0.167. The van der Waals surface area contributed by atoms with E-state index in [1.807, 2.05) is 0 Å². The van der Waals surface area contributed by atoms with Gasteiger partial charge in [-0.2, -0.15) is 0 Å². The highest BCUT2D eigenvalue weighted by Gasteiger charge is 2.23. The van der Waals surface area contributed by atoms with Crippen LogP contribution in [0.3, 0.4) is 0 Å². The number of hydrogen-bond donors (Lipinski definition) is 0. The summed E-state index contributed by atoms with van der Waals surface area (Å²) in [5.41, 5.74) is 0. The van der Waals surface area contributed by atoms with Gasteiger partial charge in [0.05, 0.1) is 6.54 Å². The molecule has 1 atom stereocenters. The van der Waals surface area contributed by atoms with Crippen LogP contribution in [0.4, 0.5) is 4.39 Å². The first-order valence-electron chi connectivity index (χ1n) is 3.29. The summed E-state index contributed by atoms with van der Waals surface area (Å²) in [5, 5.41) is 0. The van der Waals surface area contributed by atoms with Crippen LogP contribution in [-0.2, 0) is 4.79 Å². The number of carbonyl (C=O) groups is 1. The van der Waals surface area contributed by atoms with E-state index in [1.165, 1.54) is 11.0 Å². The molecule has 0 radical (unpaired) electrons. The molecule has 1 aliphatic heterocycles. The summed E-state index contributed by atoms with van der Waals surface area (Å²) >= 11 is 0. The molecule has 0 aliphatic carbocycles. The molecule has 1 amide bonds. The second-order valence-electron chi connectivity index (χ2n) is 2.37. The number of carbonyl (C=O) groups excluding carboxylic acids is 1. The summed E-state index contributed by atoms with van der Waals surface area (Å²) in [4.78, 5) is 12.3. The van der Waals surface area contributed by atoms with Gasteiger partial charge in [0.15, 0.2) is 0 Å². The largest absolute Gasteiger partial charge is 0.336 e. The Labute approximate surface area is 59.3 Å². The Morgan fingerprint density at radius 3 is 2.90 bits per heavy atom. The number of halogens is 1. The van der Waals surface area contributed by atoms with Crippen molar-refractivity contribution in [1.29, 1.82) is 0 Å². The Morgan fingerprint density at radius 1 is 1.80 bits per heavy atom. The van der Waals surface area contributed by atoms with Gasteiger partial charge in [-0.15, -0.1) is 0 Å². The summed E-state index contributed by atoms with van der Waals surface area (Å²) in [6.07, 6.45) is 0.862. The van der Waals surface area contributed by atoms with E-state index in [9.17, 15) is 9.18 Å². The predicted octanol–water partition coefficient (Wildman–Crippen LogP) is 0.743. The highest BCUT2D eigenvalue weighted by atomic mass is 19.1. The van der Waals surface area contributed by atoms with Crippen LogP contribution in [0.5, 0.6) is 0 Å². The van der Waals surface area contributed by atoms with Crippen LogP contribution < -0.4 is 0 Å². The molecule has 1 fully saturated rings. The summed E-state index contributed by atoms with van der Waals surface area (Å²) in [7, 11) is 0. The van der Waals surface area contributed by atoms with Crippen LogP contribution in [-0.4, -0.2) is 30.1 Å². The van der Waals surface area contributed by atoms with Gasteiger partial charge in [-0.3, -0.25) is 4.79 Å². The molecule has 0 bridgehead atoms. The van der Waals surface area contributed by atoms with Crippen molar-refractivity contribution in [3.05, 3.63) is 12.7 Å². The monoisotopic (exact) mass is 143 g/mol. The number of likely N-dealkylation sites (tertiary alicyclic amines) is 1. The number of hydrogen-bond acceptors (Lipinski definition) is 1. The molecule has 0 unspecified atom stereocenters. The molecular formula is C7H10FNO. The molecule has 56 valence electrons. The molecule has 0 aromatic heterocycles. The molecule has 0 aromatic carbocycles. The summed E-state index contributed by atoms with van der Waals surface area (Å²) in [6.45, 7) is 4.09. The van der Waals surface area contributed by atoms with Gasteiger partial charge in [-0.1, -0.05) is 6.58 Å². The lowest BCUT2D eigenvalue weighted by Crippen LogP contribution is -2.26. The molecule has 0 spiro atoms. The van der Waals surface area contributed by atoms with E-state index in [0.717, 1.165) is 0 Å². The van der Waals surface area contributed by atoms with Crippen molar-refractivity contribution in [2.45, 2.75) is 12.6 Å². The van der Waals surface area contributed by atoms with E-state index in [2.05, 4.69) is 6.58 Å². The van der Waals surface area contributed by atoms with Crippen molar-refractivity contribution in [1.82, 2.24) is 4.90 Å². The summed E-state index contributed by atoms with van der Waals surface area (Å²) in [6, 6.07) is 0. The fraction of sp³-hybridized carbons (Fsp3) is 0.571. The van der Waals surface area contributed by atoms with E-state index in [1.54, 1.807) is 0 Å². The maximum Gasteiger partial charge on any atom is 0.246 e. The van der Waals surface area contributed by atoms with Crippen molar-refractivity contribution in [3.63, 3.8) is 0 Å². The van der Waals surface area contributed by atoms with E-state index < -0.39 is 6.17 Å². The maximum absolute atomic E-state index is 12.4. The van der Waals surface area contributed by atoms with Crippen molar-refractivity contribution in [2.24, 2.45) is 0 Å². The van der Waals surface area contributed by atoms with Gasteiger partial charge < -0.3 is 4.90 Å². The zero-order valence-corrected chi connectivity index (χ0v) is 5.72. The molecule has 3 heteroatoms. The Bertz CT molecular complexity index is 158. The van der Waals surface area contributed by atoms with Gasteiger partial charge in [0.25, 0.3) is 0 Å². The molecule has 1 saturated heterocycles. The van der Waals surface area contributed by atoms with Crippen LogP contribution in [0.25, 0.3) is 0 Å². The molecule has 1 aliphatic rings. The first-order chi connectivity index (χ1) is 4.74. The third kappa shape index (κ3) is 1.35. The lowest BCUT2D eigenvalue weighted by atomic mass is 10.3. The SMILES string of the molecule is C=CC(=O)N1CC[C@H](F)C1. The average Bonchev–Trinajstić information content (AvgIpc) is 2.34. The molecule has 10 heavy (non-hydrogen) atoms. The zero-order chi connectivity index (χ0) is 7.56. The highest BCUT2D eigenvalue weighted by molar-refractivity contribution is 5.87. The lowest BCUT2D eigenvalue weighted by Gasteiger charge is -2.10. The molecule has 1 rings (SSSR count). The van der Waals surface area contributed by atoms with Gasteiger partial charge in [-0.05, 0) is 12.5 Å². The van der Waals surface area contributed by atoms with Gasteiger partial charge in [0.1, 0.15) is 6.17 Å². The van der Waals surface area contributed by atoms with Crippen LogP contribution >= 0.6 is 0 Å². The minimum atomic E-state index is -0.830. The van der Waals surface area contributed by atoms with Gasteiger partial charge >= 0.3 is 0 Å². The number of amides is 1. The molecule has 2 nitrogen and oxygen atoms in total. The van der Waals surface area contributed by atoms with E-state index in [4.69, 9.17) is 0 Å². The first-order valence-corrected chi connectivity index (χ1v) is 3.29. The normalized spacial score (nSPS) is 24.9. The quantitative estimate of drug-likeness (QED) is 0.496. The lowest BCUT2D eigenvalue weighted by molar-refractivity contribution is -0.125. The van der Waals surface area contributed by atoms with Crippen molar-refractivity contribution in [2.75, 3.05) is 13.1 Å². The van der Waals surface area contributed by atoms with E-state index >= 15 is 0 Å². The van der Waals surface area contributed by atoms with Gasteiger partial charge in [0.2, 0.25) is 5.91 Å². The Balaban J connectivity index is 2.44. The fourth-order valence-electron chi connectivity index (χ4n) is 1.05. The second-order valence-corrected chi connectivity index (χ2v) is 2.37. The fourth-order valence-corrected chi connectivity index (χ4v) is 1.05. The highest BCUT2D eigenvalue weighted by Crippen LogP contribution is 2.11. The Morgan fingerprint density at radius 2 is 2.50 bits per heavy atom. The second kappa shape index (κ2) is 2.82. The van der Waals surface area contributed by atoms with Crippen LogP contribution in [0.15, 0.2) is 12.7 Å². The van der Waals surface area contributed by atoms with Crippen molar-refractivity contribution >= 4 is 5.91 Å². The molecular weight excluding hydrogens is 133 g/mol.